The van der Waals surface area contributed by atoms with Crippen molar-refractivity contribution in [2.24, 2.45) is 0 Å². The van der Waals surface area contributed by atoms with E-state index in [1.54, 1.807) is 0 Å². The van der Waals surface area contributed by atoms with Gasteiger partial charge in [0.05, 0.1) is 0 Å². The Kier molecular flexibility index (Phi) is 12.0. The van der Waals surface area contributed by atoms with Crippen LogP contribution in [0.5, 0.6) is 0 Å². The molecule has 0 nitrogen and oxygen atoms in total. The maximum atomic E-state index is 2.39. The van der Waals surface area contributed by atoms with Gasteiger partial charge in [0.1, 0.15) is 0 Å². The smallest absolute Gasteiger partial charge is 0.0428 e. The van der Waals surface area contributed by atoms with Crippen LogP contribution in [0.15, 0.2) is 94.3 Å². The number of thiophene rings is 4. The number of benzene rings is 4. The highest BCUT2D eigenvalue weighted by molar-refractivity contribution is 7.20. The van der Waals surface area contributed by atoms with Gasteiger partial charge in [-0.25, -0.2) is 0 Å². The third kappa shape index (κ3) is 8.00. The van der Waals surface area contributed by atoms with Gasteiger partial charge in [0, 0.05) is 62.6 Å². The highest BCUT2D eigenvalue weighted by Crippen LogP contribution is 2.43. The summed E-state index contributed by atoms with van der Waals surface area (Å²) in [4.78, 5) is 0. The van der Waals surface area contributed by atoms with E-state index < -0.39 is 0 Å². The first-order valence-corrected chi connectivity index (χ1v) is 23.3. The summed E-state index contributed by atoms with van der Waals surface area (Å²) in [5.41, 5.74) is 10.7. The van der Waals surface area contributed by atoms with Crippen molar-refractivity contribution in [2.45, 2.75) is 78.1 Å². The van der Waals surface area contributed by atoms with Crippen molar-refractivity contribution in [1.29, 1.82) is 0 Å². The first kappa shape index (κ1) is 36.9. The van der Waals surface area contributed by atoms with E-state index in [4.69, 9.17) is 0 Å². The highest BCUT2D eigenvalue weighted by atomic mass is 32.1. The fourth-order valence-electron chi connectivity index (χ4n) is 7.70. The number of aryl methyl sites for hydroxylation is 2. The third-order valence-electron chi connectivity index (χ3n) is 10.7. The number of fused-ring (bicyclic) bond motifs is 4. The zero-order valence-corrected chi connectivity index (χ0v) is 34.7. The second-order valence-corrected chi connectivity index (χ2v) is 18.1. The Morgan fingerprint density at radius 2 is 0.667 bits per heavy atom. The van der Waals surface area contributed by atoms with Crippen LogP contribution in [-0.2, 0) is 12.8 Å². The van der Waals surface area contributed by atoms with Gasteiger partial charge < -0.3 is 0 Å². The van der Waals surface area contributed by atoms with Gasteiger partial charge in [-0.2, -0.15) is 0 Å². The van der Waals surface area contributed by atoms with Crippen LogP contribution < -0.4 is 0 Å². The van der Waals surface area contributed by atoms with Crippen LogP contribution in [0.25, 0.3) is 76.8 Å². The lowest BCUT2D eigenvalue weighted by Crippen LogP contribution is -1.86. The predicted molar refractivity (Wildman–Crippen MR) is 250 cm³/mol. The minimum absolute atomic E-state index is 1.18. The Labute approximate surface area is 336 Å². The van der Waals surface area contributed by atoms with Crippen LogP contribution in [-0.4, -0.2) is 0 Å². The Morgan fingerprint density at radius 3 is 0.981 bits per heavy atom. The Morgan fingerprint density at radius 1 is 0.352 bits per heavy atom. The van der Waals surface area contributed by atoms with E-state index in [0.717, 1.165) is 0 Å². The van der Waals surface area contributed by atoms with Crippen LogP contribution in [0.1, 0.15) is 110 Å². The normalized spacial score (nSPS) is 12.4. The van der Waals surface area contributed by atoms with Gasteiger partial charge in [0.15, 0.2) is 0 Å². The number of unbranched alkanes of at least 4 members (excludes halogenated alkanes) is 6. The van der Waals surface area contributed by atoms with Gasteiger partial charge in [-0.15, -0.1) is 45.3 Å². The average molecular weight is 777 g/mol. The fourth-order valence-corrected chi connectivity index (χ4v) is 11.5. The molecule has 0 aliphatic rings. The van der Waals surface area contributed by atoms with Crippen LogP contribution in [0, 0.1) is 0 Å². The van der Waals surface area contributed by atoms with Crippen molar-refractivity contribution in [3.8, 4) is 0 Å². The summed E-state index contributed by atoms with van der Waals surface area (Å²) in [6.45, 7) is 4.55. The Bertz CT molecular complexity index is 2280. The zero-order chi connectivity index (χ0) is 36.7. The van der Waals surface area contributed by atoms with E-state index in [2.05, 4.69) is 145 Å². The number of rotatable bonds is 16. The van der Waals surface area contributed by atoms with Crippen molar-refractivity contribution < 1.29 is 0 Å². The van der Waals surface area contributed by atoms with Crippen LogP contribution in [0.2, 0.25) is 0 Å². The van der Waals surface area contributed by atoms with Crippen molar-refractivity contribution in [3.63, 3.8) is 0 Å². The van der Waals surface area contributed by atoms with Crippen molar-refractivity contribution >= 4 is 122 Å². The molecular weight excluding hydrogens is 729 g/mol. The van der Waals surface area contributed by atoms with E-state index in [-0.39, 0.29) is 0 Å². The number of hydrogen-bond donors (Lipinski definition) is 0. The van der Waals surface area contributed by atoms with E-state index >= 15 is 0 Å². The molecule has 0 N–H and O–H groups in total. The summed E-state index contributed by atoms with van der Waals surface area (Å²) in [5.74, 6) is 0. The molecule has 272 valence electrons. The average Bonchev–Trinajstić information content (AvgIpc) is 4.04. The van der Waals surface area contributed by atoms with Gasteiger partial charge in [-0.3, -0.25) is 0 Å². The van der Waals surface area contributed by atoms with Crippen molar-refractivity contribution in [2.75, 3.05) is 0 Å². The molecule has 8 rings (SSSR count). The molecule has 54 heavy (non-hydrogen) atoms. The van der Waals surface area contributed by atoms with Gasteiger partial charge in [0.2, 0.25) is 0 Å². The largest absolute Gasteiger partial charge is 0.143 e. The summed E-state index contributed by atoms with van der Waals surface area (Å²) in [7, 11) is 0. The molecule has 0 saturated carbocycles. The maximum Gasteiger partial charge on any atom is 0.0428 e. The van der Waals surface area contributed by atoms with Gasteiger partial charge in [0.25, 0.3) is 0 Å². The molecule has 0 aliphatic heterocycles. The zero-order valence-electron chi connectivity index (χ0n) is 31.4. The van der Waals surface area contributed by atoms with Crippen LogP contribution in [0.3, 0.4) is 0 Å². The molecule has 0 amide bonds. The molecule has 0 radical (unpaired) electrons. The topological polar surface area (TPSA) is 0 Å². The molecule has 0 fully saturated rings. The molecule has 0 aliphatic carbocycles. The van der Waals surface area contributed by atoms with E-state index in [1.807, 2.05) is 45.3 Å². The lowest BCUT2D eigenvalue weighted by atomic mass is 9.98. The summed E-state index contributed by atoms with van der Waals surface area (Å²) in [6.07, 6.45) is 26.9. The summed E-state index contributed by atoms with van der Waals surface area (Å²) in [5, 5.41) is 14.4. The van der Waals surface area contributed by atoms with Gasteiger partial charge in [-0.05, 0) is 93.7 Å². The van der Waals surface area contributed by atoms with Gasteiger partial charge in [-0.1, -0.05) is 137 Å². The van der Waals surface area contributed by atoms with E-state index in [0.29, 0.717) is 0 Å². The first-order valence-electron chi connectivity index (χ1n) is 19.7. The molecule has 0 atom stereocenters. The summed E-state index contributed by atoms with van der Waals surface area (Å²) >= 11 is 7.42. The lowest BCUT2D eigenvalue weighted by molar-refractivity contribution is 0.667. The quantitative estimate of drug-likeness (QED) is 0.0677. The van der Waals surface area contributed by atoms with E-state index in [9.17, 15) is 0 Å². The molecule has 4 heteroatoms. The molecule has 4 heterocycles. The lowest BCUT2D eigenvalue weighted by Gasteiger charge is -2.09. The monoisotopic (exact) mass is 776 g/mol. The fraction of sp³-hybridized carbons (Fsp3) is 0.240. The van der Waals surface area contributed by atoms with Crippen LogP contribution in [0.4, 0.5) is 0 Å². The van der Waals surface area contributed by atoms with Crippen molar-refractivity contribution in [1.82, 2.24) is 0 Å². The standard InChI is InChI=1S/C50H48S4/c1-3-5-7-9-11-35-13-17-37(18-14-35)21-23-39-43-27-31-53-49(43)41(45-29-33-51-47(39)45)25-26-42-46-30-34-52-48(46)40(44-28-32-54-50(42)44)24-22-38-19-15-36(16-20-38)12-10-8-6-4-2/h13-34H,3-12H2,1-2H3. The third-order valence-corrected chi connectivity index (χ3v) is 14.5. The molecule has 8 aromatic rings. The Balaban J connectivity index is 1.08. The molecule has 4 aromatic heterocycles. The second-order valence-electron chi connectivity index (χ2n) is 14.4. The second kappa shape index (κ2) is 17.6. The molecule has 0 unspecified atom stereocenters. The SMILES string of the molecule is CCCCCCc1ccc(C=Cc2c3ccsc3c(C=Cc3c4ccsc4c(C=Cc4ccc(CCCCCC)cc4)c4ccsc34)c3ccsc23)cc1. The minimum Gasteiger partial charge on any atom is -0.143 e. The molecule has 0 spiro atoms. The molecule has 0 bridgehead atoms. The first-order chi connectivity index (χ1) is 26.7. The molecule has 0 saturated heterocycles. The van der Waals surface area contributed by atoms with Crippen molar-refractivity contribution in [3.05, 3.63) is 139 Å². The number of hydrogen-bond acceptors (Lipinski definition) is 4. The molecular formula is C50H48S4. The van der Waals surface area contributed by atoms with Gasteiger partial charge >= 0.3 is 0 Å². The predicted octanol–water partition coefficient (Wildman–Crippen LogP) is 17.3. The van der Waals surface area contributed by atoms with E-state index in [1.165, 1.54) is 149 Å². The van der Waals surface area contributed by atoms with Crippen LogP contribution >= 0.6 is 45.3 Å². The maximum absolute atomic E-state index is 2.39. The summed E-state index contributed by atoms with van der Waals surface area (Å²) in [6, 6.07) is 27.6. The molecule has 4 aromatic carbocycles. The summed E-state index contributed by atoms with van der Waals surface area (Å²) < 4.78 is 5.43. The Hall–Kier alpha value is -4.06. The highest BCUT2D eigenvalue weighted by Gasteiger charge is 2.16. The minimum atomic E-state index is 1.18.